The molecule has 0 N–H and O–H groups in total. The van der Waals surface area contributed by atoms with Crippen molar-refractivity contribution in [1.29, 1.82) is 0 Å². The lowest BCUT2D eigenvalue weighted by Crippen LogP contribution is -2.00. The van der Waals surface area contributed by atoms with Crippen molar-refractivity contribution in [2.75, 3.05) is 0 Å². The lowest BCUT2D eigenvalue weighted by Gasteiger charge is -2.15. The Hall–Kier alpha value is -0.520. The Morgan fingerprint density at radius 3 is 2.82 bits per heavy atom. The summed E-state index contributed by atoms with van der Waals surface area (Å²) in [7, 11) is 0. The van der Waals surface area contributed by atoms with Crippen molar-refractivity contribution in [3.8, 4) is 0 Å². The zero-order valence-electron chi connectivity index (χ0n) is 7.05. The first-order valence-electron chi connectivity index (χ1n) is 4.81. The van der Waals surface area contributed by atoms with E-state index in [2.05, 4.69) is 18.2 Å². The van der Waals surface area contributed by atoms with Crippen molar-refractivity contribution >= 4 is 0 Å². The molecule has 2 aliphatic rings. The molecule has 0 aromatic carbocycles. The zero-order chi connectivity index (χ0) is 7.52. The van der Waals surface area contributed by atoms with E-state index in [-0.39, 0.29) is 0 Å². The van der Waals surface area contributed by atoms with E-state index >= 15 is 0 Å². The highest BCUT2D eigenvalue weighted by molar-refractivity contribution is 5.14. The van der Waals surface area contributed by atoms with E-state index in [1.54, 1.807) is 5.57 Å². The normalized spacial score (nSPS) is 30.5. The highest BCUT2D eigenvalue weighted by atomic mass is 14.2. The van der Waals surface area contributed by atoms with Crippen LogP contribution in [0.15, 0.2) is 23.8 Å². The van der Waals surface area contributed by atoms with E-state index < -0.39 is 0 Å². The molecule has 0 amide bonds. The van der Waals surface area contributed by atoms with Crippen LogP contribution in [0.25, 0.3) is 0 Å². The van der Waals surface area contributed by atoms with Gasteiger partial charge in [-0.25, -0.2) is 0 Å². The maximum absolute atomic E-state index is 2.48. The van der Waals surface area contributed by atoms with Gasteiger partial charge < -0.3 is 0 Å². The summed E-state index contributed by atoms with van der Waals surface area (Å²) < 4.78 is 0. The summed E-state index contributed by atoms with van der Waals surface area (Å²) in [6, 6.07) is 0. The third-order valence-corrected chi connectivity index (χ3v) is 2.89. The molecule has 0 heterocycles. The van der Waals surface area contributed by atoms with Gasteiger partial charge in [0.1, 0.15) is 0 Å². The molecule has 0 aromatic rings. The minimum Gasteiger partial charge on any atom is -0.0885 e. The van der Waals surface area contributed by atoms with Crippen LogP contribution in [0, 0.1) is 5.92 Å². The Morgan fingerprint density at radius 1 is 1.00 bits per heavy atom. The Balaban J connectivity index is 2.06. The highest BCUT2D eigenvalue weighted by Crippen LogP contribution is 2.33. The van der Waals surface area contributed by atoms with Crippen molar-refractivity contribution in [1.82, 2.24) is 0 Å². The van der Waals surface area contributed by atoms with Gasteiger partial charge in [-0.3, -0.25) is 0 Å². The van der Waals surface area contributed by atoms with Crippen LogP contribution >= 0.6 is 0 Å². The summed E-state index contributed by atoms with van der Waals surface area (Å²) in [5.74, 6) is 0.958. The van der Waals surface area contributed by atoms with E-state index in [0.717, 1.165) is 5.92 Å². The summed E-state index contributed by atoms with van der Waals surface area (Å²) in [6.45, 7) is 0. The molecule has 0 aromatic heterocycles. The molecule has 0 saturated heterocycles. The molecule has 1 atom stereocenters. The number of hydrogen-bond acceptors (Lipinski definition) is 0. The van der Waals surface area contributed by atoms with Gasteiger partial charge in [-0.1, -0.05) is 23.8 Å². The second-order valence-corrected chi connectivity index (χ2v) is 3.64. The van der Waals surface area contributed by atoms with Crippen LogP contribution in [0.3, 0.4) is 0 Å². The molecule has 0 fully saturated rings. The van der Waals surface area contributed by atoms with Gasteiger partial charge in [-0.05, 0) is 44.4 Å². The first-order valence-corrected chi connectivity index (χ1v) is 4.81. The molecule has 2 rings (SSSR count). The van der Waals surface area contributed by atoms with Crippen LogP contribution in [0.2, 0.25) is 0 Å². The molecule has 11 heavy (non-hydrogen) atoms. The smallest absolute Gasteiger partial charge is 0.0197 e. The lowest BCUT2D eigenvalue weighted by molar-refractivity contribution is 0.538. The van der Waals surface area contributed by atoms with E-state index in [1.165, 1.54) is 38.5 Å². The topological polar surface area (TPSA) is 0 Å². The first kappa shape index (κ1) is 7.15. The molecule has 0 unspecified atom stereocenters. The van der Waals surface area contributed by atoms with E-state index in [4.69, 9.17) is 0 Å². The van der Waals surface area contributed by atoms with E-state index in [9.17, 15) is 0 Å². The molecule has 60 valence electrons. The maximum atomic E-state index is 2.48. The molecule has 0 aliphatic heterocycles. The van der Waals surface area contributed by atoms with Gasteiger partial charge >= 0.3 is 0 Å². The monoisotopic (exact) mass is 148 g/mol. The van der Waals surface area contributed by atoms with Gasteiger partial charge in [-0.15, -0.1) is 0 Å². The molecular weight excluding hydrogens is 132 g/mol. The lowest BCUT2D eigenvalue weighted by atomic mass is 9.91. The molecule has 0 radical (unpaired) electrons. The van der Waals surface area contributed by atoms with Gasteiger partial charge in [0.05, 0.1) is 0 Å². The Labute approximate surface area is 69.0 Å². The number of allylic oxidation sites excluding steroid dienone is 4. The van der Waals surface area contributed by atoms with E-state index in [0.29, 0.717) is 0 Å². The third kappa shape index (κ3) is 1.55. The first-order chi connectivity index (χ1) is 5.47. The molecule has 2 aliphatic carbocycles. The second-order valence-electron chi connectivity index (χ2n) is 3.64. The Bertz CT molecular complexity index is 186. The number of hydrogen-bond donors (Lipinski definition) is 0. The minimum absolute atomic E-state index is 0.958. The minimum atomic E-state index is 0.958. The van der Waals surface area contributed by atoms with Crippen molar-refractivity contribution < 1.29 is 0 Å². The maximum Gasteiger partial charge on any atom is -0.0197 e. The van der Waals surface area contributed by atoms with Gasteiger partial charge in [0.15, 0.2) is 0 Å². The molecule has 0 heteroatoms. The van der Waals surface area contributed by atoms with Crippen molar-refractivity contribution in [2.45, 2.75) is 38.5 Å². The van der Waals surface area contributed by atoms with Gasteiger partial charge in [0.25, 0.3) is 0 Å². The molecule has 0 spiro atoms. The van der Waals surface area contributed by atoms with Crippen LogP contribution in [0.5, 0.6) is 0 Å². The highest BCUT2D eigenvalue weighted by Gasteiger charge is 2.18. The van der Waals surface area contributed by atoms with Crippen LogP contribution in [-0.4, -0.2) is 0 Å². The SMILES string of the molecule is C1=CCC[C@H]2CCC=C2CC1. The van der Waals surface area contributed by atoms with Crippen LogP contribution in [-0.2, 0) is 0 Å². The van der Waals surface area contributed by atoms with Gasteiger partial charge in [-0.2, -0.15) is 0 Å². The molecule has 0 saturated carbocycles. The molecule has 0 bridgehead atoms. The quantitative estimate of drug-likeness (QED) is 0.461. The summed E-state index contributed by atoms with van der Waals surface area (Å²) in [6.07, 6.45) is 15.3. The Kier molecular flexibility index (Phi) is 2.11. The van der Waals surface area contributed by atoms with E-state index in [1.807, 2.05) is 0 Å². The largest absolute Gasteiger partial charge is 0.0885 e. The average molecular weight is 148 g/mol. The summed E-state index contributed by atoms with van der Waals surface area (Å²) in [5.41, 5.74) is 1.76. The fourth-order valence-electron chi connectivity index (χ4n) is 2.24. The van der Waals surface area contributed by atoms with Crippen LogP contribution < -0.4 is 0 Å². The molecular formula is C11H16. The fraction of sp³-hybridized carbons (Fsp3) is 0.636. The standard InChI is InChI=1S/C11H16/c1-2-4-7-11-9-5-8-10(11)6-3-1/h1-2,8,11H,3-7,9H2/t11-/m0/s1. The van der Waals surface area contributed by atoms with Gasteiger partial charge in [0, 0.05) is 0 Å². The molecule has 0 nitrogen and oxygen atoms in total. The van der Waals surface area contributed by atoms with Gasteiger partial charge in [0.2, 0.25) is 0 Å². The number of rotatable bonds is 0. The average Bonchev–Trinajstić information content (AvgIpc) is 2.35. The zero-order valence-corrected chi connectivity index (χ0v) is 7.05. The fourth-order valence-corrected chi connectivity index (χ4v) is 2.24. The predicted octanol–water partition coefficient (Wildman–Crippen LogP) is 3.45. The number of fused-ring (bicyclic) bond motifs is 1. The third-order valence-electron chi connectivity index (χ3n) is 2.89. The summed E-state index contributed by atoms with van der Waals surface area (Å²) in [4.78, 5) is 0. The van der Waals surface area contributed by atoms with Crippen molar-refractivity contribution in [3.63, 3.8) is 0 Å². The van der Waals surface area contributed by atoms with Crippen molar-refractivity contribution in [3.05, 3.63) is 23.8 Å². The Morgan fingerprint density at radius 2 is 1.82 bits per heavy atom. The van der Waals surface area contributed by atoms with Crippen molar-refractivity contribution in [2.24, 2.45) is 5.92 Å². The van der Waals surface area contributed by atoms with Crippen LogP contribution in [0.4, 0.5) is 0 Å². The van der Waals surface area contributed by atoms with Crippen LogP contribution in [0.1, 0.15) is 38.5 Å². The predicted molar refractivity (Wildman–Crippen MR) is 48.4 cm³/mol. The summed E-state index contributed by atoms with van der Waals surface area (Å²) >= 11 is 0. The summed E-state index contributed by atoms with van der Waals surface area (Å²) in [5, 5.41) is 0. The second kappa shape index (κ2) is 3.25.